The van der Waals surface area contributed by atoms with Gasteiger partial charge in [0.2, 0.25) is 0 Å². The molecule has 0 heterocycles. The zero-order valence-corrected chi connectivity index (χ0v) is 11.4. The lowest BCUT2D eigenvalue weighted by molar-refractivity contribution is 0.138. The van der Waals surface area contributed by atoms with Crippen LogP contribution in [0.15, 0.2) is 0 Å². The Morgan fingerprint density at radius 1 is 0.812 bits per heavy atom. The topological polar surface area (TPSA) is 0 Å². The van der Waals surface area contributed by atoms with E-state index in [2.05, 4.69) is 13.8 Å². The van der Waals surface area contributed by atoms with E-state index in [0.29, 0.717) is 0 Å². The number of rotatable bonds is 3. The first-order valence-electron chi connectivity index (χ1n) is 7.81. The van der Waals surface area contributed by atoms with Gasteiger partial charge in [-0.2, -0.15) is 0 Å². The van der Waals surface area contributed by atoms with Gasteiger partial charge in [-0.1, -0.05) is 65.2 Å². The third kappa shape index (κ3) is 3.02. The van der Waals surface area contributed by atoms with Crippen molar-refractivity contribution >= 4 is 0 Å². The van der Waals surface area contributed by atoms with Crippen LogP contribution >= 0.6 is 0 Å². The van der Waals surface area contributed by atoms with Crippen molar-refractivity contribution in [3.63, 3.8) is 0 Å². The summed E-state index contributed by atoms with van der Waals surface area (Å²) >= 11 is 0. The van der Waals surface area contributed by atoms with E-state index in [1.807, 2.05) is 0 Å². The lowest BCUT2D eigenvalue weighted by Crippen LogP contribution is -2.26. The predicted octanol–water partition coefficient (Wildman–Crippen LogP) is 5.42. The molecule has 2 rings (SSSR count). The molecular formula is C16H30. The summed E-state index contributed by atoms with van der Waals surface area (Å²) < 4.78 is 0. The molecule has 0 saturated heterocycles. The molecule has 0 spiro atoms. The molecule has 2 aliphatic rings. The second-order valence-electron chi connectivity index (χ2n) is 6.45. The van der Waals surface area contributed by atoms with Crippen LogP contribution in [0.4, 0.5) is 0 Å². The van der Waals surface area contributed by atoms with Crippen molar-refractivity contribution in [1.29, 1.82) is 0 Å². The molecule has 0 aromatic heterocycles. The fourth-order valence-corrected chi connectivity index (χ4v) is 4.17. The van der Waals surface area contributed by atoms with Crippen molar-refractivity contribution in [3.05, 3.63) is 0 Å². The Hall–Kier alpha value is 0. The van der Waals surface area contributed by atoms with Crippen LogP contribution in [0.25, 0.3) is 0 Å². The monoisotopic (exact) mass is 222 g/mol. The van der Waals surface area contributed by atoms with Crippen LogP contribution in [0, 0.1) is 23.7 Å². The van der Waals surface area contributed by atoms with Gasteiger partial charge in [-0.3, -0.25) is 0 Å². The third-order valence-electron chi connectivity index (χ3n) is 5.61. The van der Waals surface area contributed by atoms with E-state index in [1.54, 1.807) is 0 Å². The lowest BCUT2D eigenvalue weighted by Gasteiger charge is -2.37. The smallest absolute Gasteiger partial charge is 0.0386 e. The van der Waals surface area contributed by atoms with Crippen LogP contribution in [0.5, 0.6) is 0 Å². The molecule has 1 atom stereocenters. The quantitative estimate of drug-likeness (QED) is 0.598. The Balaban J connectivity index is 1.78. The summed E-state index contributed by atoms with van der Waals surface area (Å²) in [5.41, 5.74) is 0. The molecular weight excluding hydrogens is 192 g/mol. The number of hydrogen-bond donors (Lipinski definition) is 0. The van der Waals surface area contributed by atoms with Gasteiger partial charge in [-0.25, -0.2) is 0 Å². The zero-order chi connectivity index (χ0) is 11.4. The van der Waals surface area contributed by atoms with E-state index in [4.69, 9.17) is 0 Å². The van der Waals surface area contributed by atoms with Gasteiger partial charge >= 0.3 is 0 Å². The molecule has 0 aromatic carbocycles. The Bertz CT molecular complexity index is 182. The molecule has 94 valence electrons. The van der Waals surface area contributed by atoms with Gasteiger partial charge in [-0.15, -0.1) is 0 Å². The van der Waals surface area contributed by atoms with E-state index in [1.165, 1.54) is 64.2 Å². The first-order valence-corrected chi connectivity index (χ1v) is 7.81. The van der Waals surface area contributed by atoms with Crippen LogP contribution < -0.4 is 0 Å². The maximum atomic E-state index is 2.56. The number of hydrogen-bond acceptors (Lipinski definition) is 0. The summed E-state index contributed by atoms with van der Waals surface area (Å²) in [4.78, 5) is 0. The predicted molar refractivity (Wildman–Crippen MR) is 71.5 cm³/mol. The summed E-state index contributed by atoms with van der Waals surface area (Å²) in [6.45, 7) is 4.93. The van der Waals surface area contributed by atoms with Crippen molar-refractivity contribution in [1.82, 2.24) is 0 Å². The second kappa shape index (κ2) is 6.07. The average molecular weight is 222 g/mol. The van der Waals surface area contributed by atoms with Crippen LogP contribution in [0.2, 0.25) is 0 Å². The highest BCUT2D eigenvalue weighted by Gasteiger charge is 2.29. The first kappa shape index (κ1) is 12.5. The largest absolute Gasteiger partial charge is 0.0651 e. The molecule has 2 aliphatic carbocycles. The molecule has 0 radical (unpaired) electrons. The minimum Gasteiger partial charge on any atom is -0.0651 e. The molecule has 1 unspecified atom stereocenters. The molecule has 0 aromatic rings. The van der Waals surface area contributed by atoms with Gasteiger partial charge in [0.15, 0.2) is 0 Å². The van der Waals surface area contributed by atoms with Crippen LogP contribution in [-0.2, 0) is 0 Å². The van der Waals surface area contributed by atoms with E-state index >= 15 is 0 Å². The van der Waals surface area contributed by atoms with Gasteiger partial charge in [-0.05, 0) is 36.5 Å². The van der Waals surface area contributed by atoms with Crippen LogP contribution in [0.1, 0.15) is 78.1 Å². The standard InChI is InChI=1S/C16H30/c1-3-14-9-11-16(12-10-14)13(2)15-7-5-4-6-8-15/h13-16H,3-12H2,1-2H3. The summed E-state index contributed by atoms with van der Waals surface area (Å²) in [7, 11) is 0. The van der Waals surface area contributed by atoms with Crippen LogP contribution in [0.3, 0.4) is 0 Å². The average Bonchev–Trinajstić information content (AvgIpc) is 2.39. The highest BCUT2D eigenvalue weighted by atomic mass is 14.3. The second-order valence-corrected chi connectivity index (χ2v) is 6.45. The minimum atomic E-state index is 1.03. The van der Waals surface area contributed by atoms with Gasteiger partial charge in [0.1, 0.15) is 0 Å². The molecule has 0 heteroatoms. The summed E-state index contributed by atoms with van der Waals surface area (Å²) in [5, 5.41) is 0. The van der Waals surface area contributed by atoms with E-state index in [-0.39, 0.29) is 0 Å². The maximum absolute atomic E-state index is 2.56. The Morgan fingerprint density at radius 2 is 1.38 bits per heavy atom. The Morgan fingerprint density at radius 3 is 1.94 bits per heavy atom. The minimum absolute atomic E-state index is 1.03. The lowest BCUT2D eigenvalue weighted by atomic mass is 9.68. The Labute approximate surface area is 102 Å². The maximum Gasteiger partial charge on any atom is -0.0386 e. The summed E-state index contributed by atoms with van der Waals surface area (Å²) in [5.74, 6) is 4.25. The van der Waals surface area contributed by atoms with Crippen molar-refractivity contribution in [3.8, 4) is 0 Å². The zero-order valence-electron chi connectivity index (χ0n) is 11.4. The molecule has 0 nitrogen and oxygen atoms in total. The van der Waals surface area contributed by atoms with Gasteiger partial charge in [0.05, 0.1) is 0 Å². The van der Waals surface area contributed by atoms with Crippen molar-refractivity contribution in [2.24, 2.45) is 23.7 Å². The molecule has 0 bridgehead atoms. The van der Waals surface area contributed by atoms with E-state index < -0.39 is 0 Å². The van der Waals surface area contributed by atoms with Crippen LogP contribution in [-0.4, -0.2) is 0 Å². The van der Waals surface area contributed by atoms with Crippen molar-refractivity contribution < 1.29 is 0 Å². The van der Waals surface area contributed by atoms with Crippen molar-refractivity contribution in [2.75, 3.05) is 0 Å². The summed E-state index contributed by atoms with van der Waals surface area (Å²) in [6.07, 6.45) is 15.2. The van der Waals surface area contributed by atoms with Gasteiger partial charge in [0, 0.05) is 0 Å². The van der Waals surface area contributed by atoms with Gasteiger partial charge in [0.25, 0.3) is 0 Å². The summed E-state index contributed by atoms with van der Waals surface area (Å²) in [6, 6.07) is 0. The molecule has 0 aliphatic heterocycles. The highest BCUT2D eigenvalue weighted by molar-refractivity contribution is 4.80. The van der Waals surface area contributed by atoms with E-state index in [9.17, 15) is 0 Å². The van der Waals surface area contributed by atoms with E-state index in [0.717, 1.165) is 23.7 Å². The fourth-order valence-electron chi connectivity index (χ4n) is 4.17. The molecule has 0 amide bonds. The highest BCUT2D eigenvalue weighted by Crippen LogP contribution is 2.41. The fraction of sp³-hybridized carbons (Fsp3) is 1.00. The molecule has 0 N–H and O–H groups in total. The molecule has 2 fully saturated rings. The normalized spacial score (nSPS) is 34.9. The molecule has 16 heavy (non-hydrogen) atoms. The SMILES string of the molecule is CCC1CCC(C(C)C2CCCCC2)CC1. The van der Waals surface area contributed by atoms with Gasteiger partial charge < -0.3 is 0 Å². The Kier molecular flexibility index (Phi) is 4.73. The third-order valence-corrected chi connectivity index (χ3v) is 5.61. The first-order chi connectivity index (χ1) is 7.81. The van der Waals surface area contributed by atoms with Crippen molar-refractivity contribution in [2.45, 2.75) is 78.1 Å². The molecule has 2 saturated carbocycles.